The molecule has 6 nitrogen and oxygen atoms in total. The van der Waals surface area contributed by atoms with Crippen molar-refractivity contribution in [2.75, 3.05) is 13.7 Å². The molecule has 1 aromatic heterocycles. The molecule has 1 heterocycles. The van der Waals surface area contributed by atoms with Crippen LogP contribution >= 0.6 is 15.9 Å². The molecule has 0 unspecified atom stereocenters. The van der Waals surface area contributed by atoms with Crippen molar-refractivity contribution < 1.29 is 18.7 Å². The average Bonchev–Trinajstić information content (AvgIpc) is 2.53. The lowest BCUT2D eigenvalue weighted by atomic mass is 10.1. The van der Waals surface area contributed by atoms with E-state index in [0.29, 0.717) is 6.61 Å². The van der Waals surface area contributed by atoms with Gasteiger partial charge in [-0.15, -0.1) is 0 Å². The lowest BCUT2D eigenvalue weighted by molar-refractivity contribution is -0.141. The van der Waals surface area contributed by atoms with Gasteiger partial charge >= 0.3 is 5.97 Å². The minimum Gasteiger partial charge on any atom is -0.492 e. The van der Waals surface area contributed by atoms with E-state index in [4.69, 9.17) is 4.74 Å². The molecule has 0 amide bonds. The summed E-state index contributed by atoms with van der Waals surface area (Å²) in [5.74, 6) is -1.19. The molecule has 2 rings (SSSR count). The third-order valence-corrected chi connectivity index (χ3v) is 3.72. The molecule has 122 valence electrons. The van der Waals surface area contributed by atoms with Gasteiger partial charge in [0, 0.05) is 0 Å². The Morgan fingerprint density at radius 1 is 1.48 bits per heavy atom. The van der Waals surface area contributed by atoms with Crippen molar-refractivity contribution in [3.05, 3.63) is 45.0 Å². The van der Waals surface area contributed by atoms with E-state index in [9.17, 15) is 14.0 Å². The van der Waals surface area contributed by atoms with Crippen LogP contribution in [0.25, 0.3) is 16.5 Å². The van der Waals surface area contributed by atoms with Crippen LogP contribution in [0, 0.1) is 5.82 Å². The molecule has 23 heavy (non-hydrogen) atoms. The summed E-state index contributed by atoms with van der Waals surface area (Å²) in [7, 11) is 1.20. The number of esters is 1. The van der Waals surface area contributed by atoms with Gasteiger partial charge in [0.1, 0.15) is 23.8 Å². The van der Waals surface area contributed by atoms with Crippen LogP contribution in [-0.2, 0) is 20.8 Å². The Morgan fingerprint density at radius 3 is 2.78 bits per heavy atom. The van der Waals surface area contributed by atoms with Crippen LogP contribution in [0.3, 0.4) is 0 Å². The number of ether oxygens (including phenoxy) is 2. The van der Waals surface area contributed by atoms with Gasteiger partial charge in [0.05, 0.1) is 29.0 Å². The van der Waals surface area contributed by atoms with E-state index in [0.717, 1.165) is 4.68 Å². The van der Waals surface area contributed by atoms with Crippen molar-refractivity contribution in [1.82, 2.24) is 9.78 Å². The molecule has 0 saturated heterocycles. The first kappa shape index (κ1) is 17.1. The maximum atomic E-state index is 14.5. The Morgan fingerprint density at radius 2 is 2.17 bits per heavy atom. The molecule has 0 aliphatic rings. The predicted molar refractivity (Wildman–Crippen MR) is 86.3 cm³/mol. The number of fused-ring (bicyclic) bond motifs is 1. The van der Waals surface area contributed by atoms with E-state index in [1.807, 2.05) is 0 Å². The molecular weight excluding hydrogens is 371 g/mol. The van der Waals surface area contributed by atoms with E-state index in [2.05, 4.69) is 32.3 Å². The second-order valence-electron chi connectivity index (χ2n) is 4.53. The fraction of sp³-hybridized carbons (Fsp3) is 0.267. The molecule has 1 aromatic carbocycles. The number of hydrogen-bond acceptors (Lipinski definition) is 5. The number of aromatic nitrogens is 2. The molecule has 2 aromatic rings. The summed E-state index contributed by atoms with van der Waals surface area (Å²) in [4.78, 5) is 23.9. The Kier molecular flexibility index (Phi) is 5.15. The molecule has 0 radical (unpaired) electrons. The fourth-order valence-corrected chi connectivity index (χ4v) is 2.38. The van der Waals surface area contributed by atoms with Crippen molar-refractivity contribution in [2.24, 2.45) is 0 Å². The number of halogens is 2. The summed E-state index contributed by atoms with van der Waals surface area (Å²) in [6, 6.07) is 2.86. The zero-order valence-corrected chi connectivity index (χ0v) is 14.1. The maximum absolute atomic E-state index is 14.5. The van der Waals surface area contributed by atoms with Crippen LogP contribution in [0.1, 0.15) is 12.6 Å². The number of methoxy groups -OCH3 is 1. The lowest BCUT2D eigenvalue weighted by Crippen LogP contribution is -2.29. The van der Waals surface area contributed by atoms with E-state index in [-0.39, 0.29) is 26.7 Å². The summed E-state index contributed by atoms with van der Waals surface area (Å²) in [6.07, 6.45) is 0. The van der Waals surface area contributed by atoms with Gasteiger partial charge in [0.2, 0.25) is 0 Å². The second-order valence-corrected chi connectivity index (χ2v) is 5.38. The number of carbonyl (C=O) groups is 1. The molecule has 8 heteroatoms. The highest BCUT2D eigenvalue weighted by Crippen LogP contribution is 2.28. The van der Waals surface area contributed by atoms with Crippen LogP contribution in [-0.4, -0.2) is 29.5 Å². The molecule has 0 aliphatic heterocycles. The summed E-state index contributed by atoms with van der Waals surface area (Å²) in [6.45, 7) is 5.35. The first-order valence-corrected chi connectivity index (χ1v) is 7.47. The van der Waals surface area contributed by atoms with Crippen molar-refractivity contribution in [3.8, 4) is 0 Å². The lowest BCUT2D eigenvalue weighted by Gasteiger charge is -2.13. The monoisotopic (exact) mass is 384 g/mol. The standard InChI is InChI=1S/C15H14BrFN2O4/c1-4-23-8(2)14-12-9(5-6-10(16)13(12)17)15(21)19(18-14)7-11(20)22-3/h5-6H,2,4,7H2,1,3H3. The van der Waals surface area contributed by atoms with Gasteiger partial charge in [-0.3, -0.25) is 9.59 Å². The largest absolute Gasteiger partial charge is 0.492 e. The van der Waals surface area contributed by atoms with E-state index < -0.39 is 23.9 Å². The van der Waals surface area contributed by atoms with Gasteiger partial charge in [-0.1, -0.05) is 6.58 Å². The van der Waals surface area contributed by atoms with Crippen LogP contribution in [0.5, 0.6) is 0 Å². The van der Waals surface area contributed by atoms with Gasteiger partial charge in [0.15, 0.2) is 0 Å². The zero-order valence-electron chi connectivity index (χ0n) is 12.6. The molecule has 0 atom stereocenters. The Hall–Kier alpha value is -2.22. The van der Waals surface area contributed by atoms with Gasteiger partial charge in [0.25, 0.3) is 5.56 Å². The van der Waals surface area contributed by atoms with Gasteiger partial charge < -0.3 is 9.47 Å². The van der Waals surface area contributed by atoms with E-state index >= 15 is 0 Å². The summed E-state index contributed by atoms with van der Waals surface area (Å²) in [5.41, 5.74) is -0.547. The average molecular weight is 385 g/mol. The van der Waals surface area contributed by atoms with Crippen molar-refractivity contribution in [1.29, 1.82) is 0 Å². The highest BCUT2D eigenvalue weighted by Gasteiger charge is 2.20. The van der Waals surface area contributed by atoms with Crippen LogP contribution in [0.15, 0.2) is 28.0 Å². The number of nitrogens with zero attached hydrogens (tertiary/aromatic N) is 2. The van der Waals surface area contributed by atoms with Crippen LogP contribution in [0.2, 0.25) is 0 Å². The number of carbonyl (C=O) groups excluding carboxylic acids is 1. The SMILES string of the molecule is C=C(OCC)c1nn(CC(=O)OC)c(=O)c2ccc(Br)c(F)c12. The summed E-state index contributed by atoms with van der Waals surface area (Å²) in [5, 5.41) is 4.09. The number of benzene rings is 1. The summed E-state index contributed by atoms with van der Waals surface area (Å²) >= 11 is 3.08. The van der Waals surface area contributed by atoms with Crippen LogP contribution in [0.4, 0.5) is 4.39 Å². The normalized spacial score (nSPS) is 10.6. The molecule has 0 spiro atoms. The second kappa shape index (κ2) is 6.91. The highest BCUT2D eigenvalue weighted by molar-refractivity contribution is 9.10. The topological polar surface area (TPSA) is 70.4 Å². The predicted octanol–water partition coefficient (Wildman–Crippen LogP) is 2.48. The van der Waals surface area contributed by atoms with Crippen molar-refractivity contribution in [2.45, 2.75) is 13.5 Å². The smallest absolute Gasteiger partial charge is 0.327 e. The Bertz CT molecular complexity index is 847. The Balaban J connectivity index is 2.80. The third-order valence-electron chi connectivity index (χ3n) is 3.11. The fourth-order valence-electron chi connectivity index (χ4n) is 2.05. The number of rotatable bonds is 5. The van der Waals surface area contributed by atoms with Crippen molar-refractivity contribution in [3.63, 3.8) is 0 Å². The minimum absolute atomic E-state index is 0.0102. The van der Waals surface area contributed by atoms with Gasteiger partial charge in [-0.05, 0) is 35.0 Å². The molecule has 0 saturated carbocycles. The maximum Gasteiger partial charge on any atom is 0.327 e. The highest BCUT2D eigenvalue weighted by atomic mass is 79.9. The third kappa shape index (κ3) is 3.26. The first-order chi connectivity index (χ1) is 10.9. The summed E-state index contributed by atoms with van der Waals surface area (Å²) < 4.78 is 25.4. The molecule has 0 fully saturated rings. The van der Waals surface area contributed by atoms with Crippen LogP contribution < -0.4 is 5.56 Å². The van der Waals surface area contributed by atoms with E-state index in [1.165, 1.54) is 19.2 Å². The zero-order chi connectivity index (χ0) is 17.1. The quantitative estimate of drug-likeness (QED) is 0.584. The molecular formula is C15H14BrFN2O4. The molecule has 0 bridgehead atoms. The molecule has 0 N–H and O–H groups in total. The first-order valence-electron chi connectivity index (χ1n) is 6.68. The van der Waals surface area contributed by atoms with Gasteiger partial charge in [-0.25, -0.2) is 9.07 Å². The molecule has 0 aliphatic carbocycles. The minimum atomic E-state index is -0.649. The van der Waals surface area contributed by atoms with Gasteiger partial charge in [-0.2, -0.15) is 5.10 Å². The number of hydrogen-bond donors (Lipinski definition) is 0. The van der Waals surface area contributed by atoms with Crippen molar-refractivity contribution >= 4 is 38.4 Å². The van der Waals surface area contributed by atoms with E-state index in [1.54, 1.807) is 6.92 Å². The Labute approximate surface area is 139 Å².